The highest BCUT2D eigenvalue weighted by molar-refractivity contribution is 5.20. The van der Waals surface area contributed by atoms with Crippen molar-refractivity contribution in [3.63, 3.8) is 0 Å². The van der Waals surface area contributed by atoms with Crippen molar-refractivity contribution >= 4 is 0 Å². The van der Waals surface area contributed by atoms with E-state index in [1.165, 1.54) is 36.8 Å². The van der Waals surface area contributed by atoms with E-state index < -0.39 is 0 Å². The molecular formula is C26H35NO2. The molecule has 0 amide bonds. The van der Waals surface area contributed by atoms with Crippen molar-refractivity contribution in [3.8, 4) is 0 Å². The standard InChI is InChI=1S/C26H35NO2/c1-20-17-26(29-18-21-9-5-3-6-10-21)25(27(20)2)19-28-24-15-13-23(14-16-24)22-11-7-4-8-12-22/h3-12,20,23-26H,13-19H2,1-2H3/t20-,23?,24?,25?,26?/m1/s1. The van der Waals surface area contributed by atoms with Crippen molar-refractivity contribution < 1.29 is 9.47 Å². The number of likely N-dealkylation sites (N-methyl/N-ethyl adjacent to an activating group) is 1. The highest BCUT2D eigenvalue weighted by Gasteiger charge is 2.38. The molecule has 1 heterocycles. The largest absolute Gasteiger partial charge is 0.376 e. The molecule has 0 N–H and O–H groups in total. The molecule has 2 aromatic rings. The van der Waals surface area contributed by atoms with E-state index in [4.69, 9.17) is 9.47 Å². The molecule has 0 spiro atoms. The van der Waals surface area contributed by atoms with Gasteiger partial charge in [0.25, 0.3) is 0 Å². The van der Waals surface area contributed by atoms with E-state index >= 15 is 0 Å². The number of benzene rings is 2. The maximum atomic E-state index is 6.43. The van der Waals surface area contributed by atoms with E-state index in [1.807, 2.05) is 0 Å². The van der Waals surface area contributed by atoms with Crippen LogP contribution in [-0.2, 0) is 16.1 Å². The van der Waals surface area contributed by atoms with Crippen LogP contribution in [0.3, 0.4) is 0 Å². The van der Waals surface area contributed by atoms with Gasteiger partial charge in [-0.25, -0.2) is 0 Å². The van der Waals surface area contributed by atoms with Gasteiger partial charge >= 0.3 is 0 Å². The average Bonchev–Trinajstić information content (AvgIpc) is 3.05. The Morgan fingerprint density at radius 1 is 0.862 bits per heavy atom. The van der Waals surface area contributed by atoms with Crippen LogP contribution >= 0.6 is 0 Å². The second kappa shape index (κ2) is 9.88. The van der Waals surface area contributed by atoms with Crippen LogP contribution in [0.4, 0.5) is 0 Å². The number of ether oxygens (including phenoxy) is 2. The zero-order valence-electron chi connectivity index (χ0n) is 17.9. The van der Waals surface area contributed by atoms with Crippen LogP contribution in [0.15, 0.2) is 60.7 Å². The van der Waals surface area contributed by atoms with Gasteiger partial charge in [0, 0.05) is 6.04 Å². The Kier molecular flexibility index (Phi) is 7.02. The molecule has 2 fully saturated rings. The fraction of sp³-hybridized carbons (Fsp3) is 0.538. The minimum atomic E-state index is 0.246. The second-order valence-corrected chi connectivity index (χ2v) is 8.87. The summed E-state index contributed by atoms with van der Waals surface area (Å²) >= 11 is 0. The van der Waals surface area contributed by atoms with Crippen LogP contribution in [0.5, 0.6) is 0 Å². The van der Waals surface area contributed by atoms with Crippen molar-refractivity contribution in [2.45, 2.75) is 75.8 Å². The van der Waals surface area contributed by atoms with E-state index in [0.29, 0.717) is 30.7 Å². The first kappa shape index (κ1) is 20.6. The van der Waals surface area contributed by atoms with Gasteiger partial charge in [-0.3, -0.25) is 4.90 Å². The summed E-state index contributed by atoms with van der Waals surface area (Å²) < 4.78 is 12.8. The summed E-state index contributed by atoms with van der Waals surface area (Å²) in [7, 11) is 2.22. The molecule has 0 radical (unpaired) electrons. The zero-order chi connectivity index (χ0) is 20.1. The molecule has 3 heteroatoms. The Morgan fingerprint density at radius 2 is 1.52 bits per heavy atom. The Balaban J connectivity index is 1.26. The molecule has 156 valence electrons. The van der Waals surface area contributed by atoms with Gasteiger partial charge in [-0.2, -0.15) is 0 Å². The first-order valence-electron chi connectivity index (χ1n) is 11.2. The summed E-state index contributed by atoms with van der Waals surface area (Å²) in [5.74, 6) is 0.701. The topological polar surface area (TPSA) is 21.7 Å². The molecule has 1 aliphatic carbocycles. The molecule has 2 unspecified atom stereocenters. The number of likely N-dealkylation sites (tertiary alicyclic amines) is 1. The molecule has 0 bridgehead atoms. The molecule has 29 heavy (non-hydrogen) atoms. The summed E-state index contributed by atoms with van der Waals surface area (Å²) in [6.07, 6.45) is 6.53. The van der Waals surface area contributed by atoms with E-state index in [-0.39, 0.29) is 6.10 Å². The maximum Gasteiger partial charge on any atom is 0.0772 e. The number of nitrogens with zero attached hydrogens (tertiary/aromatic N) is 1. The van der Waals surface area contributed by atoms with Gasteiger partial charge in [-0.15, -0.1) is 0 Å². The van der Waals surface area contributed by atoms with E-state index in [2.05, 4.69) is 79.5 Å². The molecule has 4 rings (SSSR count). The molecule has 3 atom stereocenters. The Morgan fingerprint density at radius 3 is 2.21 bits per heavy atom. The molecule has 3 nitrogen and oxygen atoms in total. The molecule has 1 saturated heterocycles. The highest BCUT2D eigenvalue weighted by Crippen LogP contribution is 2.34. The van der Waals surface area contributed by atoms with Gasteiger partial charge in [0.2, 0.25) is 0 Å². The van der Waals surface area contributed by atoms with E-state index in [0.717, 1.165) is 13.0 Å². The molecule has 1 saturated carbocycles. The SMILES string of the molecule is C[C@@H]1CC(OCc2ccccc2)C(COC2CCC(c3ccccc3)CC2)N1C. The Hall–Kier alpha value is -1.68. The van der Waals surface area contributed by atoms with Gasteiger partial charge < -0.3 is 9.47 Å². The average molecular weight is 394 g/mol. The predicted molar refractivity (Wildman–Crippen MR) is 118 cm³/mol. The minimum Gasteiger partial charge on any atom is -0.376 e. The summed E-state index contributed by atoms with van der Waals surface area (Å²) in [6, 6.07) is 22.3. The Labute approximate surface area is 176 Å². The third-order valence-electron chi connectivity index (χ3n) is 6.98. The van der Waals surface area contributed by atoms with Crippen LogP contribution in [0.1, 0.15) is 56.1 Å². The fourth-order valence-electron chi connectivity index (χ4n) is 4.95. The summed E-state index contributed by atoms with van der Waals surface area (Å²) in [4.78, 5) is 2.45. The van der Waals surface area contributed by atoms with Crippen LogP contribution in [0.25, 0.3) is 0 Å². The van der Waals surface area contributed by atoms with Crippen LogP contribution in [0.2, 0.25) is 0 Å². The van der Waals surface area contributed by atoms with Crippen molar-refractivity contribution in [1.29, 1.82) is 0 Å². The van der Waals surface area contributed by atoms with Crippen LogP contribution < -0.4 is 0 Å². The third-order valence-corrected chi connectivity index (χ3v) is 6.98. The predicted octanol–water partition coefficient (Wildman–Crippen LogP) is 5.41. The summed E-state index contributed by atoms with van der Waals surface area (Å²) in [5, 5.41) is 0. The van der Waals surface area contributed by atoms with Gasteiger partial charge in [-0.1, -0.05) is 60.7 Å². The summed E-state index contributed by atoms with van der Waals surface area (Å²) in [5.41, 5.74) is 2.73. The molecular weight excluding hydrogens is 358 g/mol. The van der Waals surface area contributed by atoms with Crippen molar-refractivity contribution in [2.75, 3.05) is 13.7 Å². The van der Waals surface area contributed by atoms with Crippen LogP contribution in [-0.4, -0.2) is 42.8 Å². The maximum absolute atomic E-state index is 6.43. The minimum absolute atomic E-state index is 0.246. The molecule has 0 aromatic heterocycles. The van der Waals surface area contributed by atoms with Gasteiger partial charge in [0.05, 0.1) is 31.5 Å². The smallest absolute Gasteiger partial charge is 0.0772 e. The Bertz CT molecular complexity index is 727. The highest BCUT2D eigenvalue weighted by atomic mass is 16.5. The lowest BCUT2D eigenvalue weighted by molar-refractivity contribution is -0.0449. The number of rotatable bonds is 7. The molecule has 2 aliphatic rings. The van der Waals surface area contributed by atoms with Gasteiger partial charge in [0.1, 0.15) is 0 Å². The van der Waals surface area contributed by atoms with Gasteiger partial charge in [0.15, 0.2) is 0 Å². The van der Waals surface area contributed by atoms with Crippen molar-refractivity contribution in [2.24, 2.45) is 0 Å². The van der Waals surface area contributed by atoms with Gasteiger partial charge in [-0.05, 0) is 63.1 Å². The van der Waals surface area contributed by atoms with E-state index in [1.54, 1.807) is 0 Å². The third kappa shape index (κ3) is 5.28. The molecule has 2 aromatic carbocycles. The molecule has 1 aliphatic heterocycles. The lowest BCUT2D eigenvalue weighted by Gasteiger charge is -2.32. The number of hydrogen-bond acceptors (Lipinski definition) is 3. The van der Waals surface area contributed by atoms with Crippen molar-refractivity contribution in [1.82, 2.24) is 4.90 Å². The number of hydrogen-bond donors (Lipinski definition) is 0. The zero-order valence-corrected chi connectivity index (χ0v) is 17.9. The quantitative estimate of drug-likeness (QED) is 0.628. The lowest BCUT2D eigenvalue weighted by atomic mass is 9.83. The first-order chi connectivity index (χ1) is 14.2. The normalized spacial score (nSPS) is 30.5. The first-order valence-corrected chi connectivity index (χ1v) is 11.2. The van der Waals surface area contributed by atoms with Crippen LogP contribution in [0, 0.1) is 0 Å². The lowest BCUT2D eigenvalue weighted by Crippen LogP contribution is -2.40. The fourth-order valence-corrected chi connectivity index (χ4v) is 4.95. The monoisotopic (exact) mass is 393 g/mol. The second-order valence-electron chi connectivity index (χ2n) is 8.87. The van der Waals surface area contributed by atoms with E-state index in [9.17, 15) is 0 Å². The summed E-state index contributed by atoms with van der Waals surface area (Å²) in [6.45, 7) is 3.76. The van der Waals surface area contributed by atoms with Crippen molar-refractivity contribution in [3.05, 3.63) is 71.8 Å².